The van der Waals surface area contributed by atoms with E-state index in [0.29, 0.717) is 11.8 Å². The minimum atomic E-state index is 0.382. The van der Waals surface area contributed by atoms with Gasteiger partial charge in [-0.15, -0.1) is 0 Å². The predicted octanol–water partition coefficient (Wildman–Crippen LogP) is 4.60. The largest absolute Gasteiger partial charge is 0.508 e. The van der Waals surface area contributed by atoms with Gasteiger partial charge in [0.15, 0.2) is 0 Å². The first-order valence-corrected chi connectivity index (χ1v) is 7.84. The van der Waals surface area contributed by atoms with E-state index in [9.17, 15) is 5.11 Å². The number of nitrogens with zero attached hydrogens (tertiary/aromatic N) is 1. The SMILES string of the molecule is CCN(c1cccc(C)c1)C1CCCc2cc(O)ccc21. The molecule has 3 rings (SSSR count). The lowest BCUT2D eigenvalue weighted by Gasteiger charge is -2.37. The first-order chi connectivity index (χ1) is 10.2. The molecule has 0 spiro atoms. The van der Waals surface area contributed by atoms with Gasteiger partial charge in [0, 0.05) is 12.2 Å². The van der Waals surface area contributed by atoms with Crippen molar-refractivity contribution >= 4 is 5.69 Å². The van der Waals surface area contributed by atoms with Gasteiger partial charge >= 0.3 is 0 Å². The molecule has 1 atom stereocenters. The second kappa shape index (κ2) is 5.80. The van der Waals surface area contributed by atoms with Gasteiger partial charge in [-0.05, 0) is 74.1 Å². The van der Waals surface area contributed by atoms with E-state index in [-0.39, 0.29) is 0 Å². The molecule has 0 bridgehead atoms. The zero-order chi connectivity index (χ0) is 14.8. The summed E-state index contributed by atoms with van der Waals surface area (Å²) in [4.78, 5) is 2.49. The van der Waals surface area contributed by atoms with Crippen LogP contribution in [0.2, 0.25) is 0 Å². The van der Waals surface area contributed by atoms with Crippen molar-refractivity contribution in [2.24, 2.45) is 0 Å². The summed E-state index contributed by atoms with van der Waals surface area (Å²) in [6.07, 6.45) is 3.44. The van der Waals surface area contributed by atoms with Gasteiger partial charge in [-0.2, -0.15) is 0 Å². The standard InChI is InChI=1S/C19H23NO/c1-3-20(16-8-4-6-14(2)12-16)19-9-5-7-15-13-17(21)10-11-18(15)19/h4,6,8,10-13,19,21H,3,5,7,9H2,1-2H3. The van der Waals surface area contributed by atoms with Gasteiger partial charge in [0.05, 0.1) is 6.04 Å². The van der Waals surface area contributed by atoms with Gasteiger partial charge in [0.1, 0.15) is 5.75 Å². The number of hydrogen-bond acceptors (Lipinski definition) is 2. The molecular formula is C19H23NO. The molecule has 0 aromatic heterocycles. The Morgan fingerprint density at radius 3 is 2.81 bits per heavy atom. The van der Waals surface area contributed by atoms with E-state index in [2.05, 4.69) is 49.1 Å². The van der Waals surface area contributed by atoms with E-state index in [1.165, 1.54) is 35.2 Å². The molecule has 0 amide bonds. The van der Waals surface area contributed by atoms with Gasteiger partial charge < -0.3 is 10.0 Å². The van der Waals surface area contributed by atoms with E-state index in [1.54, 1.807) is 0 Å². The summed E-state index contributed by atoms with van der Waals surface area (Å²) < 4.78 is 0. The summed E-state index contributed by atoms with van der Waals surface area (Å²) in [6.45, 7) is 5.36. The fraction of sp³-hybridized carbons (Fsp3) is 0.368. The lowest BCUT2D eigenvalue weighted by atomic mass is 9.86. The highest BCUT2D eigenvalue weighted by atomic mass is 16.3. The molecule has 1 N–H and O–H groups in total. The number of rotatable bonds is 3. The van der Waals surface area contributed by atoms with Gasteiger partial charge in [-0.25, -0.2) is 0 Å². The molecule has 0 heterocycles. The first-order valence-electron chi connectivity index (χ1n) is 7.84. The lowest BCUT2D eigenvalue weighted by molar-refractivity contribution is 0.469. The fourth-order valence-corrected chi connectivity index (χ4v) is 3.49. The quantitative estimate of drug-likeness (QED) is 0.888. The molecule has 2 aromatic rings. The van der Waals surface area contributed by atoms with Gasteiger partial charge in [0.2, 0.25) is 0 Å². The Hall–Kier alpha value is -1.96. The molecule has 0 fully saturated rings. The van der Waals surface area contributed by atoms with Crippen molar-refractivity contribution in [2.45, 2.75) is 39.2 Å². The summed E-state index contributed by atoms with van der Waals surface area (Å²) in [7, 11) is 0. The summed E-state index contributed by atoms with van der Waals surface area (Å²) >= 11 is 0. The lowest BCUT2D eigenvalue weighted by Crippen LogP contribution is -2.31. The molecule has 0 aliphatic heterocycles. The highest BCUT2D eigenvalue weighted by molar-refractivity contribution is 5.52. The maximum Gasteiger partial charge on any atom is 0.115 e. The molecule has 21 heavy (non-hydrogen) atoms. The normalized spacial score (nSPS) is 17.3. The minimum absolute atomic E-state index is 0.382. The predicted molar refractivity (Wildman–Crippen MR) is 88.0 cm³/mol. The maximum absolute atomic E-state index is 9.71. The second-order valence-electron chi connectivity index (χ2n) is 5.92. The average Bonchev–Trinajstić information content (AvgIpc) is 2.48. The molecule has 110 valence electrons. The van der Waals surface area contributed by atoms with Crippen molar-refractivity contribution in [1.82, 2.24) is 0 Å². The number of phenols is 1. The van der Waals surface area contributed by atoms with Crippen LogP contribution in [0, 0.1) is 6.92 Å². The van der Waals surface area contributed by atoms with E-state index < -0.39 is 0 Å². The summed E-state index contributed by atoms with van der Waals surface area (Å²) in [6, 6.07) is 15.0. The summed E-state index contributed by atoms with van der Waals surface area (Å²) in [5.74, 6) is 0.382. The van der Waals surface area contributed by atoms with Gasteiger partial charge in [0.25, 0.3) is 0 Å². The topological polar surface area (TPSA) is 23.5 Å². The Kier molecular flexibility index (Phi) is 3.87. The smallest absolute Gasteiger partial charge is 0.115 e. The Labute approximate surface area is 127 Å². The van der Waals surface area contributed by atoms with Crippen molar-refractivity contribution in [3.8, 4) is 5.75 Å². The van der Waals surface area contributed by atoms with E-state index in [0.717, 1.165) is 13.0 Å². The van der Waals surface area contributed by atoms with Crippen LogP contribution in [0.3, 0.4) is 0 Å². The number of aromatic hydroxyl groups is 1. The van der Waals surface area contributed by atoms with Crippen LogP contribution in [0.1, 0.15) is 42.5 Å². The first kappa shape index (κ1) is 14.0. The van der Waals surface area contributed by atoms with E-state index in [1.807, 2.05) is 12.1 Å². The Bertz CT molecular complexity index is 635. The van der Waals surface area contributed by atoms with Crippen molar-refractivity contribution < 1.29 is 5.11 Å². The van der Waals surface area contributed by atoms with E-state index in [4.69, 9.17) is 0 Å². The number of hydrogen-bond donors (Lipinski definition) is 1. The number of aryl methyl sites for hydroxylation is 2. The second-order valence-corrected chi connectivity index (χ2v) is 5.92. The Morgan fingerprint density at radius 2 is 2.05 bits per heavy atom. The minimum Gasteiger partial charge on any atom is -0.508 e. The van der Waals surface area contributed by atoms with Crippen LogP contribution in [0.15, 0.2) is 42.5 Å². The Balaban J connectivity index is 1.99. The monoisotopic (exact) mass is 281 g/mol. The highest BCUT2D eigenvalue weighted by Gasteiger charge is 2.25. The Morgan fingerprint density at radius 1 is 1.19 bits per heavy atom. The molecule has 1 aliphatic rings. The third-order valence-corrected chi connectivity index (χ3v) is 4.46. The number of benzene rings is 2. The van der Waals surface area contributed by atoms with Crippen LogP contribution in [0.25, 0.3) is 0 Å². The van der Waals surface area contributed by atoms with Crippen molar-refractivity contribution in [3.63, 3.8) is 0 Å². The zero-order valence-electron chi connectivity index (χ0n) is 12.8. The molecule has 0 saturated carbocycles. The zero-order valence-corrected chi connectivity index (χ0v) is 12.8. The molecule has 2 nitrogen and oxygen atoms in total. The van der Waals surface area contributed by atoms with Crippen LogP contribution in [-0.4, -0.2) is 11.7 Å². The molecule has 1 unspecified atom stereocenters. The average molecular weight is 281 g/mol. The number of anilines is 1. The molecule has 2 heteroatoms. The molecule has 1 aliphatic carbocycles. The fourth-order valence-electron chi connectivity index (χ4n) is 3.49. The molecular weight excluding hydrogens is 258 g/mol. The van der Waals surface area contributed by atoms with Crippen molar-refractivity contribution in [2.75, 3.05) is 11.4 Å². The van der Waals surface area contributed by atoms with Crippen molar-refractivity contribution in [1.29, 1.82) is 0 Å². The van der Waals surface area contributed by atoms with Gasteiger partial charge in [-0.3, -0.25) is 0 Å². The van der Waals surface area contributed by atoms with Crippen LogP contribution < -0.4 is 4.90 Å². The van der Waals surface area contributed by atoms with Crippen LogP contribution in [0.4, 0.5) is 5.69 Å². The molecule has 2 aromatic carbocycles. The third-order valence-electron chi connectivity index (χ3n) is 4.46. The highest BCUT2D eigenvalue weighted by Crippen LogP contribution is 2.38. The number of phenolic OH excluding ortho intramolecular Hbond substituents is 1. The van der Waals surface area contributed by atoms with Crippen LogP contribution in [-0.2, 0) is 6.42 Å². The summed E-state index contributed by atoms with van der Waals surface area (Å²) in [5.41, 5.74) is 5.27. The summed E-state index contributed by atoms with van der Waals surface area (Å²) in [5, 5.41) is 9.71. The third kappa shape index (κ3) is 2.76. The molecule has 0 radical (unpaired) electrons. The maximum atomic E-state index is 9.71. The molecule has 0 saturated heterocycles. The number of fused-ring (bicyclic) bond motifs is 1. The van der Waals surface area contributed by atoms with Crippen molar-refractivity contribution in [3.05, 3.63) is 59.2 Å². The van der Waals surface area contributed by atoms with E-state index >= 15 is 0 Å². The van der Waals surface area contributed by atoms with Crippen LogP contribution >= 0.6 is 0 Å². The van der Waals surface area contributed by atoms with Crippen LogP contribution in [0.5, 0.6) is 5.75 Å². The van der Waals surface area contributed by atoms with Gasteiger partial charge in [-0.1, -0.05) is 18.2 Å².